The van der Waals surface area contributed by atoms with Crippen LogP contribution in [0.25, 0.3) is 0 Å². The predicted molar refractivity (Wildman–Crippen MR) is 118 cm³/mol. The van der Waals surface area contributed by atoms with Crippen LogP contribution < -0.4 is 10.6 Å². The van der Waals surface area contributed by atoms with Crippen molar-refractivity contribution in [2.45, 2.75) is 19.4 Å². The van der Waals surface area contributed by atoms with Gasteiger partial charge in [-0.1, -0.05) is 30.3 Å². The number of amides is 3. The monoisotopic (exact) mass is 432 g/mol. The Morgan fingerprint density at radius 1 is 0.938 bits per heavy atom. The molecule has 0 spiro atoms. The van der Waals surface area contributed by atoms with Gasteiger partial charge in [0.2, 0.25) is 5.91 Å². The zero-order valence-corrected chi connectivity index (χ0v) is 17.2. The van der Waals surface area contributed by atoms with Gasteiger partial charge in [-0.15, -0.1) is 0 Å². The van der Waals surface area contributed by atoms with E-state index in [1.54, 1.807) is 54.6 Å². The summed E-state index contributed by atoms with van der Waals surface area (Å²) >= 11 is 0. The van der Waals surface area contributed by atoms with E-state index in [1.165, 1.54) is 17.2 Å². The molecule has 32 heavy (non-hydrogen) atoms. The lowest BCUT2D eigenvalue weighted by Crippen LogP contribution is -2.31. The summed E-state index contributed by atoms with van der Waals surface area (Å²) < 4.78 is 13.7. The second-order valence-corrected chi connectivity index (χ2v) is 7.34. The van der Waals surface area contributed by atoms with E-state index in [1.807, 2.05) is 0 Å². The Morgan fingerprint density at radius 3 is 2.28 bits per heavy atom. The molecule has 3 amide bonds. The highest BCUT2D eigenvalue weighted by molar-refractivity contribution is 6.21. The van der Waals surface area contributed by atoms with Crippen molar-refractivity contribution in [3.63, 3.8) is 0 Å². The standard InChI is InChI=1S/C24H21FN4O3/c25-20-9-4-1-6-16(20)14-26-21-12-11-17(15-27-21)28-22(30)10-5-13-29-23(31)18-7-2-3-8-19(18)24(29)32/h1-4,6-9,11-12,15H,5,10,13-14H2,(H,26,27)(H,28,30). The number of hydrogen-bond acceptors (Lipinski definition) is 5. The zero-order chi connectivity index (χ0) is 22.5. The van der Waals surface area contributed by atoms with Gasteiger partial charge in [-0.3, -0.25) is 19.3 Å². The number of anilines is 2. The molecule has 0 saturated heterocycles. The Hall–Kier alpha value is -4.07. The van der Waals surface area contributed by atoms with Gasteiger partial charge >= 0.3 is 0 Å². The Morgan fingerprint density at radius 2 is 1.62 bits per heavy atom. The first-order chi connectivity index (χ1) is 15.5. The van der Waals surface area contributed by atoms with Gasteiger partial charge in [-0.2, -0.15) is 0 Å². The van der Waals surface area contributed by atoms with E-state index in [2.05, 4.69) is 15.6 Å². The van der Waals surface area contributed by atoms with E-state index in [0.717, 1.165) is 0 Å². The van der Waals surface area contributed by atoms with Crippen molar-refractivity contribution < 1.29 is 18.8 Å². The summed E-state index contributed by atoms with van der Waals surface area (Å²) in [6.45, 7) is 0.472. The molecule has 2 N–H and O–H groups in total. The number of carbonyl (C=O) groups excluding carboxylic acids is 3. The molecule has 0 radical (unpaired) electrons. The van der Waals surface area contributed by atoms with Crippen molar-refractivity contribution in [2.75, 3.05) is 17.2 Å². The molecule has 0 fully saturated rings. The highest BCUT2D eigenvalue weighted by Gasteiger charge is 2.34. The molecule has 8 heteroatoms. The molecule has 4 rings (SSSR count). The maximum atomic E-state index is 13.7. The largest absolute Gasteiger partial charge is 0.366 e. The van der Waals surface area contributed by atoms with Crippen LogP contribution in [0.5, 0.6) is 0 Å². The number of rotatable bonds is 8. The Balaban J connectivity index is 1.23. The Kier molecular flexibility index (Phi) is 6.21. The van der Waals surface area contributed by atoms with Crippen LogP contribution in [0.1, 0.15) is 39.1 Å². The van der Waals surface area contributed by atoms with Gasteiger partial charge in [0.1, 0.15) is 11.6 Å². The first-order valence-corrected chi connectivity index (χ1v) is 10.2. The second-order valence-electron chi connectivity index (χ2n) is 7.34. The first kappa shape index (κ1) is 21.2. The third kappa shape index (κ3) is 4.64. The number of pyridine rings is 1. The number of fused-ring (bicyclic) bond motifs is 1. The Labute approximate surface area is 184 Å². The van der Waals surface area contributed by atoms with Crippen molar-refractivity contribution >= 4 is 29.2 Å². The smallest absolute Gasteiger partial charge is 0.261 e. The fourth-order valence-corrected chi connectivity index (χ4v) is 3.46. The molecule has 1 aliphatic heterocycles. The lowest BCUT2D eigenvalue weighted by atomic mass is 10.1. The van der Waals surface area contributed by atoms with E-state index in [4.69, 9.17) is 0 Å². The van der Waals surface area contributed by atoms with Gasteiger partial charge in [0, 0.05) is 25.1 Å². The van der Waals surface area contributed by atoms with E-state index in [9.17, 15) is 18.8 Å². The van der Waals surface area contributed by atoms with Crippen LogP contribution in [-0.4, -0.2) is 34.2 Å². The van der Waals surface area contributed by atoms with Crippen LogP contribution in [0.3, 0.4) is 0 Å². The first-order valence-electron chi connectivity index (χ1n) is 10.2. The maximum absolute atomic E-state index is 13.7. The highest BCUT2D eigenvalue weighted by atomic mass is 19.1. The summed E-state index contributed by atoms with van der Waals surface area (Å²) in [4.78, 5) is 42.3. The number of carbonyl (C=O) groups is 3. The fourth-order valence-electron chi connectivity index (χ4n) is 3.46. The van der Waals surface area contributed by atoms with Crippen molar-refractivity contribution in [1.29, 1.82) is 0 Å². The molecule has 0 bridgehead atoms. The molecular weight excluding hydrogens is 411 g/mol. The molecule has 1 aromatic heterocycles. The minimum absolute atomic E-state index is 0.153. The number of nitrogens with zero attached hydrogens (tertiary/aromatic N) is 2. The van der Waals surface area contributed by atoms with Crippen molar-refractivity contribution in [2.24, 2.45) is 0 Å². The quantitative estimate of drug-likeness (QED) is 0.528. The summed E-state index contributed by atoms with van der Waals surface area (Å²) in [5, 5.41) is 5.77. The average Bonchev–Trinajstić information content (AvgIpc) is 3.04. The normalized spacial score (nSPS) is 12.6. The Bertz CT molecular complexity index is 1130. The van der Waals surface area contributed by atoms with Crippen molar-refractivity contribution in [3.05, 3.63) is 89.4 Å². The SMILES string of the molecule is O=C(CCCN1C(=O)c2ccccc2C1=O)Nc1ccc(NCc2ccccc2F)nc1. The number of imide groups is 1. The van der Waals surface area contributed by atoms with Crippen LogP contribution in [-0.2, 0) is 11.3 Å². The minimum atomic E-state index is -0.325. The van der Waals surface area contributed by atoms with E-state index in [-0.39, 0.29) is 36.5 Å². The summed E-state index contributed by atoms with van der Waals surface area (Å²) in [5.74, 6) is -0.625. The number of benzene rings is 2. The van der Waals surface area contributed by atoms with Crippen LogP contribution in [0.4, 0.5) is 15.9 Å². The molecule has 162 valence electrons. The van der Waals surface area contributed by atoms with Gasteiger partial charge < -0.3 is 10.6 Å². The summed E-state index contributed by atoms with van der Waals surface area (Å²) in [6, 6.07) is 16.6. The average molecular weight is 432 g/mol. The summed E-state index contributed by atoms with van der Waals surface area (Å²) in [6.07, 6.45) is 2.01. The van der Waals surface area contributed by atoms with Gasteiger partial charge in [0.15, 0.2) is 0 Å². The molecular formula is C24H21FN4O3. The molecule has 1 aliphatic rings. The van der Waals surface area contributed by atoms with Crippen molar-refractivity contribution in [1.82, 2.24) is 9.88 Å². The van der Waals surface area contributed by atoms with Gasteiger partial charge in [0.25, 0.3) is 11.8 Å². The van der Waals surface area contributed by atoms with Crippen molar-refractivity contribution in [3.8, 4) is 0 Å². The van der Waals surface area contributed by atoms with E-state index < -0.39 is 0 Å². The number of hydrogen-bond donors (Lipinski definition) is 2. The number of halogens is 1. The third-order valence-corrected chi connectivity index (χ3v) is 5.13. The van der Waals surface area contributed by atoms with Gasteiger partial charge in [0.05, 0.1) is 23.0 Å². The lowest BCUT2D eigenvalue weighted by molar-refractivity contribution is -0.116. The molecule has 0 saturated carbocycles. The molecule has 2 aromatic carbocycles. The topological polar surface area (TPSA) is 91.4 Å². The molecule has 0 atom stereocenters. The van der Waals surface area contributed by atoms with E-state index in [0.29, 0.717) is 41.2 Å². The van der Waals surface area contributed by atoms with Crippen LogP contribution in [0, 0.1) is 5.82 Å². The minimum Gasteiger partial charge on any atom is -0.366 e. The summed E-state index contributed by atoms with van der Waals surface area (Å²) in [7, 11) is 0. The molecule has 2 heterocycles. The maximum Gasteiger partial charge on any atom is 0.261 e. The van der Waals surface area contributed by atoms with Gasteiger partial charge in [-0.05, 0) is 36.8 Å². The number of aromatic nitrogens is 1. The molecule has 3 aromatic rings. The lowest BCUT2D eigenvalue weighted by Gasteiger charge is -2.13. The van der Waals surface area contributed by atoms with Crippen LogP contribution in [0.15, 0.2) is 66.9 Å². The number of nitrogens with one attached hydrogen (secondary N) is 2. The van der Waals surface area contributed by atoms with Gasteiger partial charge in [-0.25, -0.2) is 9.37 Å². The highest BCUT2D eigenvalue weighted by Crippen LogP contribution is 2.22. The van der Waals surface area contributed by atoms with Crippen LogP contribution >= 0.6 is 0 Å². The predicted octanol–water partition coefficient (Wildman–Crippen LogP) is 3.85. The van der Waals surface area contributed by atoms with Crippen LogP contribution in [0.2, 0.25) is 0 Å². The third-order valence-electron chi connectivity index (χ3n) is 5.13. The second kappa shape index (κ2) is 9.38. The fraction of sp³-hybridized carbons (Fsp3) is 0.167. The molecule has 0 unspecified atom stereocenters. The molecule has 7 nitrogen and oxygen atoms in total. The molecule has 0 aliphatic carbocycles. The summed E-state index contributed by atoms with van der Waals surface area (Å²) in [5.41, 5.74) is 1.85. The zero-order valence-electron chi connectivity index (χ0n) is 17.2. The van der Waals surface area contributed by atoms with E-state index >= 15 is 0 Å².